The molecule has 1 rings (SSSR count). The van der Waals surface area contributed by atoms with Crippen molar-refractivity contribution in [3.8, 4) is 0 Å². The fraction of sp³-hybridized carbons (Fsp3) is 0.857. The van der Waals surface area contributed by atoms with Crippen molar-refractivity contribution < 1.29 is 4.52 Å². The third kappa shape index (κ3) is 5.38. The van der Waals surface area contributed by atoms with Gasteiger partial charge in [-0.1, -0.05) is 46.2 Å². The summed E-state index contributed by atoms with van der Waals surface area (Å²) in [7, 11) is 0. The summed E-state index contributed by atoms with van der Waals surface area (Å²) >= 11 is 6.18. The van der Waals surface area contributed by atoms with Gasteiger partial charge in [0.15, 0.2) is 5.82 Å². The van der Waals surface area contributed by atoms with Gasteiger partial charge in [0.2, 0.25) is 5.89 Å². The lowest BCUT2D eigenvalue weighted by atomic mass is 9.84. The molecule has 4 heteroatoms. The normalized spacial score (nSPS) is 15.7. The molecule has 3 nitrogen and oxygen atoms in total. The molecule has 0 radical (unpaired) electrons. The van der Waals surface area contributed by atoms with Crippen LogP contribution in [0.1, 0.15) is 71.0 Å². The molecular weight excluding hydrogens is 248 g/mol. The van der Waals surface area contributed by atoms with Gasteiger partial charge in [-0.15, -0.1) is 11.6 Å². The molecule has 1 aromatic rings. The first kappa shape index (κ1) is 15.5. The number of alkyl halides is 1. The molecule has 0 aromatic carbocycles. The SMILES string of the molecule is CCCC(Cl)c1noc(CC(C)CC(C)(C)C)n1. The van der Waals surface area contributed by atoms with Crippen molar-refractivity contribution in [1.82, 2.24) is 10.1 Å². The summed E-state index contributed by atoms with van der Waals surface area (Å²) < 4.78 is 5.27. The fourth-order valence-electron chi connectivity index (χ4n) is 2.28. The summed E-state index contributed by atoms with van der Waals surface area (Å²) in [5.74, 6) is 1.89. The Morgan fingerprint density at radius 1 is 1.33 bits per heavy atom. The zero-order valence-electron chi connectivity index (χ0n) is 12.2. The summed E-state index contributed by atoms with van der Waals surface area (Å²) in [5.41, 5.74) is 0.333. The highest BCUT2D eigenvalue weighted by Gasteiger charge is 2.19. The molecule has 18 heavy (non-hydrogen) atoms. The van der Waals surface area contributed by atoms with Crippen LogP contribution in [0.25, 0.3) is 0 Å². The van der Waals surface area contributed by atoms with E-state index in [-0.39, 0.29) is 5.38 Å². The molecular formula is C14H25ClN2O. The van der Waals surface area contributed by atoms with Gasteiger partial charge in [0.1, 0.15) is 0 Å². The minimum atomic E-state index is -0.120. The van der Waals surface area contributed by atoms with Crippen LogP contribution in [0.5, 0.6) is 0 Å². The lowest BCUT2D eigenvalue weighted by molar-refractivity contribution is 0.282. The third-order valence-electron chi connectivity index (χ3n) is 2.79. The Labute approximate surface area is 115 Å². The average Bonchev–Trinajstić information content (AvgIpc) is 2.63. The molecule has 0 amide bonds. The molecule has 2 unspecified atom stereocenters. The fourth-order valence-corrected chi connectivity index (χ4v) is 2.58. The first-order valence-corrected chi connectivity index (χ1v) is 7.22. The van der Waals surface area contributed by atoms with E-state index in [0.717, 1.165) is 25.7 Å². The van der Waals surface area contributed by atoms with Gasteiger partial charge in [-0.25, -0.2) is 0 Å². The van der Waals surface area contributed by atoms with Crippen molar-refractivity contribution in [2.24, 2.45) is 11.3 Å². The monoisotopic (exact) mass is 272 g/mol. The Morgan fingerprint density at radius 2 is 2.00 bits per heavy atom. The predicted octanol–water partition coefficient (Wildman–Crippen LogP) is 4.76. The number of nitrogens with zero attached hydrogens (tertiary/aromatic N) is 2. The van der Waals surface area contributed by atoms with Crippen LogP contribution in [0.4, 0.5) is 0 Å². The highest BCUT2D eigenvalue weighted by atomic mass is 35.5. The van der Waals surface area contributed by atoms with Gasteiger partial charge in [-0.05, 0) is 24.2 Å². The zero-order chi connectivity index (χ0) is 13.8. The number of hydrogen-bond acceptors (Lipinski definition) is 3. The van der Waals surface area contributed by atoms with Crippen molar-refractivity contribution in [3.63, 3.8) is 0 Å². The number of rotatable bonds is 6. The van der Waals surface area contributed by atoms with Crippen LogP contribution < -0.4 is 0 Å². The molecule has 0 saturated carbocycles. The Hall–Kier alpha value is -0.570. The number of hydrogen-bond donors (Lipinski definition) is 0. The van der Waals surface area contributed by atoms with Crippen LogP contribution in [0.2, 0.25) is 0 Å². The molecule has 0 saturated heterocycles. The van der Waals surface area contributed by atoms with Crippen LogP contribution in [0.3, 0.4) is 0 Å². The van der Waals surface area contributed by atoms with Crippen LogP contribution in [-0.2, 0) is 6.42 Å². The van der Waals surface area contributed by atoms with E-state index in [1.807, 2.05) is 0 Å². The summed E-state index contributed by atoms with van der Waals surface area (Å²) in [5, 5.41) is 3.85. The molecule has 1 aromatic heterocycles. The quantitative estimate of drug-likeness (QED) is 0.701. The topological polar surface area (TPSA) is 38.9 Å². The molecule has 2 atom stereocenters. The number of halogens is 1. The van der Waals surface area contributed by atoms with Gasteiger partial charge >= 0.3 is 0 Å². The highest BCUT2D eigenvalue weighted by molar-refractivity contribution is 6.20. The summed E-state index contributed by atoms with van der Waals surface area (Å²) in [6.45, 7) is 11.1. The van der Waals surface area contributed by atoms with Crippen LogP contribution >= 0.6 is 11.6 Å². The molecule has 0 aliphatic carbocycles. The molecule has 0 fully saturated rings. The molecule has 0 aliphatic heterocycles. The second-order valence-corrected chi connectivity index (χ2v) is 6.90. The lowest BCUT2D eigenvalue weighted by Gasteiger charge is -2.22. The first-order chi connectivity index (χ1) is 8.31. The van der Waals surface area contributed by atoms with Crippen molar-refractivity contribution >= 4 is 11.6 Å². The Morgan fingerprint density at radius 3 is 2.56 bits per heavy atom. The molecule has 0 bridgehead atoms. The van der Waals surface area contributed by atoms with Gasteiger partial charge in [0.05, 0.1) is 5.38 Å². The molecule has 104 valence electrons. The Kier molecular flexibility index (Phi) is 5.64. The average molecular weight is 273 g/mol. The van der Waals surface area contributed by atoms with E-state index < -0.39 is 0 Å². The second kappa shape index (κ2) is 6.55. The summed E-state index contributed by atoms with van der Waals surface area (Å²) in [4.78, 5) is 4.39. The zero-order valence-corrected chi connectivity index (χ0v) is 12.9. The van der Waals surface area contributed by atoms with Crippen LogP contribution in [-0.4, -0.2) is 10.1 Å². The van der Waals surface area contributed by atoms with Crippen LogP contribution in [0, 0.1) is 11.3 Å². The van der Waals surface area contributed by atoms with Gasteiger partial charge < -0.3 is 4.52 Å². The van der Waals surface area contributed by atoms with Crippen molar-refractivity contribution in [3.05, 3.63) is 11.7 Å². The van der Waals surface area contributed by atoms with Crippen molar-refractivity contribution in [2.75, 3.05) is 0 Å². The van der Waals surface area contributed by atoms with E-state index in [1.165, 1.54) is 0 Å². The largest absolute Gasteiger partial charge is 0.339 e. The van der Waals surface area contributed by atoms with Crippen LogP contribution in [0.15, 0.2) is 4.52 Å². The Balaban J connectivity index is 2.53. The molecule has 0 spiro atoms. The van der Waals surface area contributed by atoms with Crippen molar-refractivity contribution in [1.29, 1.82) is 0 Å². The molecule has 0 aliphatic rings. The van der Waals surface area contributed by atoms with E-state index in [2.05, 4.69) is 44.8 Å². The summed E-state index contributed by atoms with van der Waals surface area (Å²) in [6, 6.07) is 0. The van der Waals surface area contributed by atoms with Gasteiger partial charge in [0, 0.05) is 6.42 Å². The van der Waals surface area contributed by atoms with Gasteiger partial charge in [-0.2, -0.15) is 4.98 Å². The molecule has 1 heterocycles. The maximum atomic E-state index is 6.18. The number of aromatic nitrogens is 2. The smallest absolute Gasteiger partial charge is 0.226 e. The van der Waals surface area contributed by atoms with E-state index in [9.17, 15) is 0 Å². The van der Waals surface area contributed by atoms with E-state index >= 15 is 0 Å². The minimum absolute atomic E-state index is 0.120. The Bertz CT molecular complexity index is 357. The predicted molar refractivity (Wildman–Crippen MR) is 74.7 cm³/mol. The third-order valence-corrected chi connectivity index (χ3v) is 3.20. The van der Waals surface area contributed by atoms with Gasteiger partial charge in [-0.3, -0.25) is 0 Å². The molecule has 0 N–H and O–H groups in total. The van der Waals surface area contributed by atoms with E-state index in [1.54, 1.807) is 0 Å². The standard InChI is InChI=1S/C14H25ClN2O/c1-6-7-11(15)13-16-12(18-17-13)8-10(2)9-14(3,4)5/h10-11H,6-9H2,1-5H3. The van der Waals surface area contributed by atoms with E-state index in [0.29, 0.717) is 23.0 Å². The minimum Gasteiger partial charge on any atom is -0.339 e. The maximum Gasteiger partial charge on any atom is 0.226 e. The highest BCUT2D eigenvalue weighted by Crippen LogP contribution is 2.27. The summed E-state index contributed by atoms with van der Waals surface area (Å²) in [6.07, 6.45) is 3.89. The first-order valence-electron chi connectivity index (χ1n) is 6.78. The van der Waals surface area contributed by atoms with Crippen molar-refractivity contribution in [2.45, 2.75) is 65.7 Å². The van der Waals surface area contributed by atoms with E-state index in [4.69, 9.17) is 16.1 Å². The maximum absolute atomic E-state index is 6.18. The lowest BCUT2D eigenvalue weighted by Crippen LogP contribution is -2.13. The second-order valence-electron chi connectivity index (χ2n) is 6.38. The van der Waals surface area contributed by atoms with Gasteiger partial charge in [0.25, 0.3) is 0 Å².